The minimum Gasteiger partial charge on any atom is -0.487 e. The van der Waals surface area contributed by atoms with Crippen molar-refractivity contribution in [3.63, 3.8) is 0 Å². The lowest BCUT2D eigenvalue weighted by Crippen LogP contribution is -2.27. The number of rotatable bonds is 7. The maximum Gasteiger partial charge on any atom is 0.251 e. The molecule has 3 aromatic rings. The molecular formula is C21H21Cl2N3O2. The lowest BCUT2D eigenvalue weighted by Gasteiger charge is -2.12. The summed E-state index contributed by atoms with van der Waals surface area (Å²) in [5, 5.41) is 8.41. The fraction of sp³-hybridized carbons (Fsp3) is 0.238. The molecule has 146 valence electrons. The molecule has 2 aromatic carbocycles. The first-order valence-corrected chi connectivity index (χ1v) is 9.73. The fourth-order valence-corrected chi connectivity index (χ4v) is 3.11. The summed E-state index contributed by atoms with van der Waals surface area (Å²) in [7, 11) is 0. The van der Waals surface area contributed by atoms with E-state index in [1.165, 1.54) is 0 Å². The minimum absolute atomic E-state index is 0.147. The van der Waals surface area contributed by atoms with Gasteiger partial charge in [0.1, 0.15) is 12.4 Å². The normalized spacial score (nSPS) is 11.9. The molecule has 3 rings (SSSR count). The van der Waals surface area contributed by atoms with Gasteiger partial charge < -0.3 is 10.1 Å². The predicted molar refractivity (Wildman–Crippen MR) is 111 cm³/mol. The number of halogens is 2. The molecule has 28 heavy (non-hydrogen) atoms. The van der Waals surface area contributed by atoms with Crippen LogP contribution in [0.2, 0.25) is 10.0 Å². The Balaban J connectivity index is 1.57. The van der Waals surface area contributed by atoms with Crippen LogP contribution in [0.3, 0.4) is 0 Å². The lowest BCUT2D eigenvalue weighted by molar-refractivity contribution is 0.0939. The van der Waals surface area contributed by atoms with Gasteiger partial charge in [0.15, 0.2) is 0 Å². The van der Waals surface area contributed by atoms with Crippen LogP contribution in [0.1, 0.15) is 41.5 Å². The zero-order valence-electron chi connectivity index (χ0n) is 15.7. The van der Waals surface area contributed by atoms with E-state index in [2.05, 4.69) is 10.4 Å². The number of hydrogen-bond donors (Lipinski definition) is 1. The molecule has 0 aliphatic carbocycles. The van der Waals surface area contributed by atoms with E-state index >= 15 is 0 Å². The number of aromatic nitrogens is 2. The van der Waals surface area contributed by atoms with Gasteiger partial charge in [-0.3, -0.25) is 9.48 Å². The molecule has 0 aliphatic rings. The first-order valence-electron chi connectivity index (χ1n) is 8.97. The molecule has 0 radical (unpaired) electrons. The molecule has 0 saturated heterocycles. The maximum atomic E-state index is 12.5. The fourth-order valence-electron chi connectivity index (χ4n) is 2.64. The van der Waals surface area contributed by atoms with Crippen molar-refractivity contribution >= 4 is 29.1 Å². The van der Waals surface area contributed by atoms with Gasteiger partial charge in [-0.1, -0.05) is 35.3 Å². The number of hydrogen-bond acceptors (Lipinski definition) is 3. The van der Waals surface area contributed by atoms with Crippen LogP contribution in [0, 0.1) is 0 Å². The molecule has 1 heterocycles. The second kappa shape index (κ2) is 9.13. The Hall–Kier alpha value is -2.50. The van der Waals surface area contributed by atoms with Gasteiger partial charge in [0.25, 0.3) is 5.91 Å². The summed E-state index contributed by atoms with van der Waals surface area (Å²) in [6.45, 7) is 5.07. The van der Waals surface area contributed by atoms with Crippen molar-refractivity contribution in [1.29, 1.82) is 0 Å². The number of benzene rings is 2. The minimum atomic E-state index is -0.171. The molecule has 1 amide bonds. The third kappa shape index (κ3) is 5.06. The zero-order valence-corrected chi connectivity index (χ0v) is 17.2. The van der Waals surface area contributed by atoms with Gasteiger partial charge in [-0.05, 0) is 55.8 Å². The van der Waals surface area contributed by atoms with Crippen LogP contribution < -0.4 is 10.1 Å². The summed E-state index contributed by atoms with van der Waals surface area (Å²) in [5.74, 6) is 0.417. The van der Waals surface area contributed by atoms with Crippen molar-refractivity contribution < 1.29 is 9.53 Å². The summed E-state index contributed by atoms with van der Waals surface area (Å²) >= 11 is 12.0. The molecule has 0 bridgehead atoms. The van der Waals surface area contributed by atoms with Crippen LogP contribution in [0.15, 0.2) is 54.7 Å². The van der Waals surface area contributed by atoms with Crippen molar-refractivity contribution in [2.24, 2.45) is 0 Å². The molecule has 1 N–H and O–H groups in total. The Morgan fingerprint density at radius 2 is 1.93 bits per heavy atom. The van der Waals surface area contributed by atoms with Crippen molar-refractivity contribution in [3.05, 3.63) is 81.6 Å². The molecule has 0 spiro atoms. The van der Waals surface area contributed by atoms with Crippen LogP contribution in [-0.4, -0.2) is 15.7 Å². The molecule has 0 saturated carbocycles. The molecule has 0 aliphatic heterocycles. The summed E-state index contributed by atoms with van der Waals surface area (Å²) in [6.07, 6.45) is 1.90. The third-order valence-corrected chi connectivity index (χ3v) is 4.81. The van der Waals surface area contributed by atoms with Gasteiger partial charge in [-0.25, -0.2) is 0 Å². The summed E-state index contributed by atoms with van der Waals surface area (Å²) in [6, 6.07) is 14.1. The highest BCUT2D eigenvalue weighted by Crippen LogP contribution is 2.28. The second-order valence-electron chi connectivity index (χ2n) is 6.35. The highest BCUT2D eigenvalue weighted by atomic mass is 35.5. The van der Waals surface area contributed by atoms with E-state index in [0.29, 0.717) is 28.0 Å². The Morgan fingerprint density at radius 1 is 1.18 bits per heavy atom. The number of nitrogens with one attached hydrogen (secondary N) is 1. The van der Waals surface area contributed by atoms with E-state index in [4.69, 9.17) is 27.9 Å². The van der Waals surface area contributed by atoms with Crippen molar-refractivity contribution in [2.45, 2.75) is 33.0 Å². The van der Waals surface area contributed by atoms with Crippen LogP contribution in [0.5, 0.6) is 5.75 Å². The van der Waals surface area contributed by atoms with E-state index in [0.717, 1.165) is 17.8 Å². The molecule has 7 heteroatoms. The molecule has 0 fully saturated rings. The first-order chi connectivity index (χ1) is 13.5. The van der Waals surface area contributed by atoms with Crippen LogP contribution in [-0.2, 0) is 13.2 Å². The lowest BCUT2D eigenvalue weighted by atomic mass is 10.1. The standard InChI is InChI=1S/C21H21Cl2N3O2/c1-3-26-11-10-19(25-26)14(2)24-21(27)16-6-4-15(5-7-16)13-28-20-9-8-17(22)12-18(20)23/h4-12,14H,3,13H2,1-2H3,(H,24,27). The zero-order chi connectivity index (χ0) is 20.1. The SMILES string of the molecule is CCn1ccc(C(C)NC(=O)c2ccc(COc3ccc(Cl)cc3Cl)cc2)n1. The average molecular weight is 418 g/mol. The maximum absolute atomic E-state index is 12.5. The van der Waals surface area contributed by atoms with Crippen LogP contribution in [0.25, 0.3) is 0 Å². The topological polar surface area (TPSA) is 56.2 Å². The molecular weight excluding hydrogens is 397 g/mol. The molecule has 5 nitrogen and oxygen atoms in total. The number of carbonyl (C=O) groups excluding carboxylic acids is 1. The van der Waals surface area contributed by atoms with Crippen molar-refractivity contribution in [1.82, 2.24) is 15.1 Å². The molecule has 1 atom stereocenters. The second-order valence-corrected chi connectivity index (χ2v) is 7.20. The van der Waals surface area contributed by atoms with E-state index in [-0.39, 0.29) is 11.9 Å². The van der Waals surface area contributed by atoms with Crippen molar-refractivity contribution in [2.75, 3.05) is 0 Å². The first kappa shape index (κ1) is 20.2. The number of ether oxygens (including phenoxy) is 1. The van der Waals surface area contributed by atoms with E-state index in [9.17, 15) is 4.79 Å². The average Bonchev–Trinajstić information content (AvgIpc) is 3.17. The smallest absolute Gasteiger partial charge is 0.251 e. The van der Waals surface area contributed by atoms with Gasteiger partial charge in [0, 0.05) is 23.3 Å². The van der Waals surface area contributed by atoms with E-state index in [1.54, 1.807) is 30.3 Å². The number of aryl methyl sites for hydroxylation is 1. The molecule has 1 aromatic heterocycles. The summed E-state index contributed by atoms with van der Waals surface area (Å²) in [4.78, 5) is 12.5. The Labute approximate surface area is 174 Å². The summed E-state index contributed by atoms with van der Waals surface area (Å²) < 4.78 is 7.54. The monoisotopic (exact) mass is 417 g/mol. The summed E-state index contributed by atoms with van der Waals surface area (Å²) in [5.41, 5.74) is 2.34. The van der Waals surface area contributed by atoms with Crippen LogP contribution in [0.4, 0.5) is 0 Å². The van der Waals surface area contributed by atoms with Crippen LogP contribution >= 0.6 is 23.2 Å². The quantitative estimate of drug-likeness (QED) is 0.568. The number of amides is 1. The molecule has 1 unspecified atom stereocenters. The highest BCUT2D eigenvalue weighted by Gasteiger charge is 2.13. The third-order valence-electron chi connectivity index (χ3n) is 4.28. The predicted octanol–water partition coefficient (Wildman–Crippen LogP) is 5.28. The van der Waals surface area contributed by atoms with Crippen molar-refractivity contribution in [3.8, 4) is 5.75 Å². The van der Waals surface area contributed by atoms with E-state index < -0.39 is 0 Å². The van der Waals surface area contributed by atoms with Gasteiger partial charge in [-0.15, -0.1) is 0 Å². The van der Waals surface area contributed by atoms with Gasteiger partial charge in [0.05, 0.1) is 16.8 Å². The largest absolute Gasteiger partial charge is 0.487 e. The van der Waals surface area contributed by atoms with E-state index in [1.807, 2.05) is 42.9 Å². The van der Waals surface area contributed by atoms with Gasteiger partial charge in [0.2, 0.25) is 0 Å². The van der Waals surface area contributed by atoms with Gasteiger partial charge >= 0.3 is 0 Å². The number of carbonyl (C=O) groups is 1. The van der Waals surface area contributed by atoms with Gasteiger partial charge in [-0.2, -0.15) is 5.10 Å². The number of nitrogens with zero attached hydrogens (tertiary/aromatic N) is 2. The Bertz CT molecular complexity index is 955. The Morgan fingerprint density at radius 3 is 2.57 bits per heavy atom. The highest BCUT2D eigenvalue weighted by molar-refractivity contribution is 6.35. The Kier molecular flexibility index (Phi) is 6.60.